The molecule has 1 aromatic carbocycles. The van der Waals surface area contributed by atoms with E-state index >= 15 is 0 Å². The number of nitrogens with zero attached hydrogens (tertiary/aromatic N) is 2. The summed E-state index contributed by atoms with van der Waals surface area (Å²) in [5.41, 5.74) is 0.866. The predicted octanol–water partition coefficient (Wildman–Crippen LogP) is 2.49. The van der Waals surface area contributed by atoms with Crippen LogP contribution in [0.4, 0.5) is 11.4 Å². The van der Waals surface area contributed by atoms with Crippen LogP contribution in [0.15, 0.2) is 18.2 Å². The molecule has 0 atom stereocenters. The fourth-order valence-electron chi connectivity index (χ4n) is 3.45. The van der Waals surface area contributed by atoms with Crippen molar-refractivity contribution in [3.63, 3.8) is 0 Å². The third kappa shape index (κ3) is 7.38. The van der Waals surface area contributed by atoms with Crippen molar-refractivity contribution in [1.82, 2.24) is 10.2 Å². The van der Waals surface area contributed by atoms with E-state index in [9.17, 15) is 19.7 Å². The van der Waals surface area contributed by atoms with Crippen molar-refractivity contribution in [2.45, 2.75) is 46.1 Å². The fraction of sp³-hybridized carbons (Fsp3) is 0.619. The molecule has 0 saturated carbocycles. The van der Waals surface area contributed by atoms with Gasteiger partial charge in [-0.25, -0.2) is 0 Å². The van der Waals surface area contributed by atoms with Gasteiger partial charge < -0.3 is 15.4 Å². The van der Waals surface area contributed by atoms with E-state index < -0.39 is 4.92 Å². The van der Waals surface area contributed by atoms with Crippen LogP contribution in [0, 0.1) is 23.0 Å². The maximum Gasteiger partial charge on any atom is 0.274 e. The summed E-state index contributed by atoms with van der Waals surface area (Å²) < 4.78 is 5.46. The Morgan fingerprint density at radius 3 is 2.63 bits per heavy atom. The molecule has 30 heavy (non-hydrogen) atoms. The fourth-order valence-corrected chi connectivity index (χ4v) is 3.45. The highest BCUT2D eigenvalue weighted by Gasteiger charge is 2.26. The number of likely N-dealkylation sites (tertiary alicyclic amines) is 1. The number of nitrogens with one attached hydrogen (secondary N) is 2. The summed E-state index contributed by atoms with van der Waals surface area (Å²) in [6.45, 7) is 8.35. The number of carbonyl (C=O) groups excluding carboxylic acids is 2. The number of rotatable bonds is 10. The van der Waals surface area contributed by atoms with Crippen LogP contribution >= 0.6 is 0 Å². The number of ether oxygens (including phenoxy) is 1. The van der Waals surface area contributed by atoms with Gasteiger partial charge in [0.25, 0.3) is 5.69 Å². The van der Waals surface area contributed by atoms with E-state index in [-0.39, 0.29) is 36.1 Å². The van der Waals surface area contributed by atoms with Crippen LogP contribution in [0.2, 0.25) is 0 Å². The number of carbonyl (C=O) groups is 2. The van der Waals surface area contributed by atoms with E-state index in [1.165, 1.54) is 6.07 Å². The second-order valence-electron chi connectivity index (χ2n) is 7.87. The van der Waals surface area contributed by atoms with Gasteiger partial charge in [-0.15, -0.1) is 0 Å². The summed E-state index contributed by atoms with van der Waals surface area (Å²) in [5, 5.41) is 16.8. The summed E-state index contributed by atoms with van der Waals surface area (Å²) in [7, 11) is 0. The molecule has 1 aliphatic heterocycles. The minimum Gasteiger partial charge on any atom is -0.379 e. The van der Waals surface area contributed by atoms with Gasteiger partial charge >= 0.3 is 0 Å². The van der Waals surface area contributed by atoms with Crippen molar-refractivity contribution in [3.8, 4) is 0 Å². The molecule has 0 radical (unpaired) electrons. The van der Waals surface area contributed by atoms with Gasteiger partial charge in [-0.05, 0) is 59.2 Å². The highest BCUT2D eigenvalue weighted by atomic mass is 16.6. The Kier molecular flexibility index (Phi) is 9.19. The molecule has 1 fully saturated rings. The lowest BCUT2D eigenvalue weighted by Gasteiger charge is -2.30. The lowest BCUT2D eigenvalue weighted by Crippen LogP contribution is -2.43. The van der Waals surface area contributed by atoms with Gasteiger partial charge in [-0.1, -0.05) is 6.07 Å². The Morgan fingerprint density at radius 1 is 1.30 bits per heavy atom. The molecule has 0 aliphatic carbocycles. The normalized spacial score (nSPS) is 15.2. The minimum atomic E-state index is -0.460. The van der Waals surface area contributed by atoms with Crippen molar-refractivity contribution in [2.75, 3.05) is 38.1 Å². The van der Waals surface area contributed by atoms with Crippen LogP contribution in [0.5, 0.6) is 0 Å². The molecule has 0 spiro atoms. The Morgan fingerprint density at radius 2 is 2.00 bits per heavy atom. The van der Waals surface area contributed by atoms with Crippen LogP contribution < -0.4 is 10.6 Å². The molecule has 0 bridgehead atoms. The SMILES string of the molecule is Cc1c(NC(=O)CN2CCC(C(=O)NCCCOC(C)C)CC2)cccc1[N+](=O)[O-]. The number of piperidine rings is 1. The molecule has 2 N–H and O–H groups in total. The number of hydrogen-bond acceptors (Lipinski definition) is 6. The molecule has 1 aliphatic rings. The Balaban J connectivity index is 1.72. The number of anilines is 1. The van der Waals surface area contributed by atoms with E-state index in [4.69, 9.17) is 4.74 Å². The third-order valence-electron chi connectivity index (χ3n) is 5.17. The lowest BCUT2D eigenvalue weighted by molar-refractivity contribution is -0.385. The van der Waals surface area contributed by atoms with E-state index in [2.05, 4.69) is 10.6 Å². The first kappa shape index (κ1) is 23.8. The maximum absolute atomic E-state index is 12.4. The molecule has 1 heterocycles. The molecule has 9 heteroatoms. The zero-order valence-corrected chi connectivity index (χ0v) is 18.0. The number of nitro benzene ring substituents is 1. The van der Waals surface area contributed by atoms with Crippen molar-refractivity contribution in [3.05, 3.63) is 33.9 Å². The molecule has 0 unspecified atom stereocenters. The average molecular weight is 421 g/mol. The van der Waals surface area contributed by atoms with E-state index in [0.29, 0.717) is 50.3 Å². The first-order chi connectivity index (χ1) is 14.3. The van der Waals surface area contributed by atoms with Crippen LogP contribution in [0.1, 0.15) is 38.7 Å². The molecule has 0 aromatic heterocycles. The predicted molar refractivity (Wildman–Crippen MR) is 114 cm³/mol. The van der Waals surface area contributed by atoms with E-state index in [1.807, 2.05) is 18.7 Å². The highest BCUT2D eigenvalue weighted by Crippen LogP contribution is 2.25. The van der Waals surface area contributed by atoms with Crippen LogP contribution in [0.3, 0.4) is 0 Å². The van der Waals surface area contributed by atoms with Crippen LogP contribution in [-0.4, -0.2) is 60.5 Å². The molecular weight excluding hydrogens is 388 g/mol. The van der Waals surface area contributed by atoms with Gasteiger partial charge in [0.05, 0.1) is 28.8 Å². The molecule has 2 rings (SSSR count). The summed E-state index contributed by atoms with van der Waals surface area (Å²) in [6, 6.07) is 4.63. The smallest absolute Gasteiger partial charge is 0.274 e. The van der Waals surface area contributed by atoms with Crippen molar-refractivity contribution in [2.24, 2.45) is 5.92 Å². The largest absolute Gasteiger partial charge is 0.379 e. The summed E-state index contributed by atoms with van der Waals surface area (Å²) in [5.74, 6) is -0.183. The maximum atomic E-state index is 12.4. The van der Waals surface area contributed by atoms with E-state index in [1.54, 1.807) is 19.1 Å². The minimum absolute atomic E-state index is 0.0182. The van der Waals surface area contributed by atoms with Crippen LogP contribution in [-0.2, 0) is 14.3 Å². The van der Waals surface area contributed by atoms with Gasteiger partial charge in [-0.2, -0.15) is 0 Å². The zero-order chi connectivity index (χ0) is 22.1. The molecular formula is C21H32N4O5. The monoisotopic (exact) mass is 420 g/mol. The first-order valence-corrected chi connectivity index (χ1v) is 10.4. The van der Waals surface area contributed by atoms with Gasteiger partial charge in [0, 0.05) is 25.1 Å². The van der Waals surface area contributed by atoms with Gasteiger partial charge in [0.15, 0.2) is 0 Å². The van der Waals surface area contributed by atoms with Gasteiger partial charge in [-0.3, -0.25) is 24.6 Å². The van der Waals surface area contributed by atoms with Crippen LogP contribution in [0.25, 0.3) is 0 Å². The summed E-state index contributed by atoms with van der Waals surface area (Å²) in [6.07, 6.45) is 2.40. The average Bonchev–Trinajstić information content (AvgIpc) is 2.69. The molecule has 9 nitrogen and oxygen atoms in total. The topological polar surface area (TPSA) is 114 Å². The Bertz CT molecular complexity index is 745. The van der Waals surface area contributed by atoms with Crippen molar-refractivity contribution < 1.29 is 19.2 Å². The third-order valence-corrected chi connectivity index (χ3v) is 5.17. The number of benzene rings is 1. The second-order valence-corrected chi connectivity index (χ2v) is 7.87. The molecule has 1 aromatic rings. The number of hydrogen-bond donors (Lipinski definition) is 2. The van der Waals surface area contributed by atoms with Crippen molar-refractivity contribution >= 4 is 23.2 Å². The first-order valence-electron chi connectivity index (χ1n) is 10.4. The Hall–Kier alpha value is -2.52. The molecule has 166 valence electrons. The zero-order valence-electron chi connectivity index (χ0n) is 18.0. The van der Waals surface area contributed by atoms with E-state index in [0.717, 1.165) is 6.42 Å². The number of amides is 2. The lowest BCUT2D eigenvalue weighted by atomic mass is 9.96. The summed E-state index contributed by atoms with van der Waals surface area (Å²) in [4.78, 5) is 37.2. The quantitative estimate of drug-likeness (QED) is 0.341. The van der Waals surface area contributed by atoms with Gasteiger partial charge in [0.1, 0.15) is 0 Å². The van der Waals surface area contributed by atoms with Crippen molar-refractivity contribution in [1.29, 1.82) is 0 Å². The highest BCUT2D eigenvalue weighted by molar-refractivity contribution is 5.93. The summed E-state index contributed by atoms with van der Waals surface area (Å²) >= 11 is 0. The second kappa shape index (κ2) is 11.6. The molecule has 1 saturated heterocycles. The Labute approximate surface area is 177 Å². The van der Waals surface area contributed by atoms with Gasteiger partial charge in [0.2, 0.25) is 11.8 Å². The standard InChI is InChI=1S/C21H32N4O5/c1-15(2)30-13-5-10-22-21(27)17-8-11-24(12-9-17)14-20(26)23-18-6-4-7-19(16(18)3)25(28)29/h4,6-7,15,17H,5,8-14H2,1-3H3,(H,22,27)(H,23,26). The molecule has 2 amide bonds. The number of nitro groups is 1.